The Morgan fingerprint density at radius 3 is 2.53 bits per heavy atom. The lowest BCUT2D eigenvalue weighted by atomic mass is 10.1. The molecule has 0 aliphatic rings. The second kappa shape index (κ2) is 5.28. The van der Waals surface area contributed by atoms with Crippen molar-refractivity contribution in [1.82, 2.24) is 0 Å². The zero-order valence-electron chi connectivity index (χ0n) is 7.67. The van der Waals surface area contributed by atoms with Crippen LogP contribution < -0.4 is 0 Å². The summed E-state index contributed by atoms with van der Waals surface area (Å²) in [6.45, 7) is 0. The van der Waals surface area contributed by atoms with Crippen LogP contribution in [0.4, 0.5) is 0 Å². The Hall–Kier alpha value is -0.870. The maximum absolute atomic E-state index is 11.5. The van der Waals surface area contributed by atoms with E-state index in [0.29, 0.717) is 10.0 Å². The Morgan fingerprint density at radius 2 is 2.07 bits per heavy atom. The van der Waals surface area contributed by atoms with Gasteiger partial charge in [0.1, 0.15) is 0 Å². The fourth-order valence-electron chi connectivity index (χ4n) is 1.09. The number of rotatable bonds is 4. The number of carboxylic acids is 1. The van der Waals surface area contributed by atoms with Gasteiger partial charge in [-0.05, 0) is 18.2 Å². The molecule has 0 atom stereocenters. The van der Waals surface area contributed by atoms with E-state index in [9.17, 15) is 9.59 Å². The summed E-state index contributed by atoms with van der Waals surface area (Å²) in [6, 6.07) is 4.29. The zero-order chi connectivity index (χ0) is 11.4. The number of ketones is 1. The van der Waals surface area contributed by atoms with Gasteiger partial charge in [-0.15, -0.1) is 11.6 Å². The standard InChI is InChI=1S/C10H8BrClO3/c11-8-5-6(10(14)15)1-2-7(8)9(13)3-4-12/h1-2,5H,3-4H2,(H,14,15). The third-order valence-electron chi connectivity index (χ3n) is 1.84. The smallest absolute Gasteiger partial charge is 0.335 e. The summed E-state index contributed by atoms with van der Waals surface area (Å²) in [4.78, 5) is 22.1. The van der Waals surface area contributed by atoms with Crippen molar-refractivity contribution in [3.63, 3.8) is 0 Å². The lowest BCUT2D eigenvalue weighted by Crippen LogP contribution is -2.03. The maximum Gasteiger partial charge on any atom is 0.335 e. The van der Waals surface area contributed by atoms with Gasteiger partial charge in [0.25, 0.3) is 0 Å². The Labute approximate surface area is 100 Å². The van der Waals surface area contributed by atoms with Crippen LogP contribution in [-0.2, 0) is 0 Å². The molecule has 0 saturated carbocycles. The molecule has 0 fully saturated rings. The molecule has 0 amide bonds. The number of carbonyl (C=O) groups excluding carboxylic acids is 1. The molecule has 0 spiro atoms. The molecule has 0 unspecified atom stereocenters. The molecular formula is C10H8BrClO3. The molecule has 0 heterocycles. The van der Waals surface area contributed by atoms with E-state index < -0.39 is 5.97 Å². The summed E-state index contributed by atoms with van der Waals surface area (Å²) in [7, 11) is 0. The quantitative estimate of drug-likeness (QED) is 0.685. The molecule has 80 valence electrons. The van der Waals surface area contributed by atoms with Crippen LogP contribution in [0.5, 0.6) is 0 Å². The van der Waals surface area contributed by atoms with Crippen LogP contribution in [0.3, 0.4) is 0 Å². The van der Waals surface area contributed by atoms with Crippen molar-refractivity contribution in [2.45, 2.75) is 6.42 Å². The second-order valence-corrected chi connectivity index (χ2v) is 4.09. The average molecular weight is 292 g/mol. The largest absolute Gasteiger partial charge is 0.478 e. The Morgan fingerprint density at radius 1 is 1.40 bits per heavy atom. The summed E-state index contributed by atoms with van der Waals surface area (Å²) < 4.78 is 0.484. The van der Waals surface area contributed by atoms with E-state index in [-0.39, 0.29) is 23.6 Å². The van der Waals surface area contributed by atoms with Gasteiger partial charge in [0.15, 0.2) is 5.78 Å². The molecule has 0 bridgehead atoms. The number of hydrogen-bond acceptors (Lipinski definition) is 2. The second-order valence-electron chi connectivity index (χ2n) is 2.86. The van der Waals surface area contributed by atoms with Crippen LogP contribution in [0.2, 0.25) is 0 Å². The highest BCUT2D eigenvalue weighted by atomic mass is 79.9. The molecule has 0 saturated heterocycles. The van der Waals surface area contributed by atoms with E-state index in [1.807, 2.05) is 0 Å². The van der Waals surface area contributed by atoms with Gasteiger partial charge < -0.3 is 5.11 Å². The lowest BCUT2D eigenvalue weighted by molar-refractivity contribution is 0.0696. The van der Waals surface area contributed by atoms with Crippen LogP contribution in [-0.4, -0.2) is 22.7 Å². The lowest BCUT2D eigenvalue weighted by Gasteiger charge is -2.03. The van der Waals surface area contributed by atoms with Crippen molar-refractivity contribution in [3.8, 4) is 0 Å². The predicted molar refractivity (Wildman–Crippen MR) is 60.8 cm³/mol. The highest BCUT2D eigenvalue weighted by Crippen LogP contribution is 2.20. The van der Waals surface area contributed by atoms with Gasteiger partial charge in [-0.3, -0.25) is 4.79 Å². The van der Waals surface area contributed by atoms with E-state index in [1.165, 1.54) is 18.2 Å². The third kappa shape index (κ3) is 3.04. The molecular weight excluding hydrogens is 283 g/mol. The number of alkyl halides is 1. The summed E-state index contributed by atoms with van der Waals surface area (Å²) >= 11 is 8.61. The monoisotopic (exact) mass is 290 g/mol. The summed E-state index contributed by atoms with van der Waals surface area (Å²) in [6.07, 6.45) is 0.243. The Kier molecular flexibility index (Phi) is 4.29. The third-order valence-corrected chi connectivity index (χ3v) is 2.68. The average Bonchev–Trinajstić information content (AvgIpc) is 2.17. The molecule has 0 radical (unpaired) electrons. The first-order valence-corrected chi connectivity index (χ1v) is 5.51. The Balaban J connectivity index is 3.03. The number of Topliss-reactive ketones (excluding diaryl/α,β-unsaturated/α-hetero) is 1. The fraction of sp³-hybridized carbons (Fsp3) is 0.200. The minimum absolute atomic E-state index is 0.103. The number of aromatic carboxylic acids is 1. The van der Waals surface area contributed by atoms with E-state index >= 15 is 0 Å². The van der Waals surface area contributed by atoms with Gasteiger partial charge in [-0.1, -0.05) is 15.9 Å². The predicted octanol–water partition coefficient (Wildman–Crippen LogP) is 2.96. The SMILES string of the molecule is O=C(O)c1ccc(C(=O)CCCl)c(Br)c1. The molecule has 1 aromatic rings. The number of hydrogen-bond donors (Lipinski definition) is 1. The van der Waals surface area contributed by atoms with E-state index in [2.05, 4.69) is 15.9 Å². The van der Waals surface area contributed by atoms with Gasteiger partial charge in [0.05, 0.1) is 5.56 Å². The number of carbonyl (C=O) groups is 2. The van der Waals surface area contributed by atoms with Crippen LogP contribution >= 0.6 is 27.5 Å². The highest BCUT2D eigenvalue weighted by Gasteiger charge is 2.11. The first kappa shape index (κ1) is 12.2. The first-order valence-electron chi connectivity index (χ1n) is 4.18. The van der Waals surface area contributed by atoms with E-state index in [4.69, 9.17) is 16.7 Å². The zero-order valence-corrected chi connectivity index (χ0v) is 10.0. The van der Waals surface area contributed by atoms with E-state index in [1.54, 1.807) is 0 Å². The molecule has 1 rings (SSSR count). The molecule has 1 N–H and O–H groups in total. The van der Waals surface area contributed by atoms with Gasteiger partial charge in [-0.25, -0.2) is 4.79 Å². The van der Waals surface area contributed by atoms with Crippen LogP contribution in [0.15, 0.2) is 22.7 Å². The van der Waals surface area contributed by atoms with Gasteiger partial charge in [0, 0.05) is 22.3 Å². The fourth-order valence-corrected chi connectivity index (χ4v) is 1.87. The topological polar surface area (TPSA) is 54.4 Å². The molecule has 3 nitrogen and oxygen atoms in total. The van der Waals surface area contributed by atoms with Crippen molar-refractivity contribution in [2.24, 2.45) is 0 Å². The van der Waals surface area contributed by atoms with Gasteiger partial charge in [-0.2, -0.15) is 0 Å². The molecule has 0 aliphatic heterocycles. The maximum atomic E-state index is 11.5. The normalized spacial score (nSPS) is 10.0. The van der Waals surface area contributed by atoms with E-state index in [0.717, 1.165) is 0 Å². The first-order chi connectivity index (χ1) is 7.06. The number of benzene rings is 1. The number of halogens is 2. The molecule has 0 aliphatic carbocycles. The minimum Gasteiger partial charge on any atom is -0.478 e. The molecule has 1 aromatic carbocycles. The van der Waals surface area contributed by atoms with Crippen LogP contribution in [0, 0.1) is 0 Å². The van der Waals surface area contributed by atoms with Crippen molar-refractivity contribution < 1.29 is 14.7 Å². The molecule has 5 heteroatoms. The van der Waals surface area contributed by atoms with Gasteiger partial charge >= 0.3 is 5.97 Å². The van der Waals surface area contributed by atoms with Crippen LogP contribution in [0.25, 0.3) is 0 Å². The van der Waals surface area contributed by atoms with Crippen molar-refractivity contribution in [3.05, 3.63) is 33.8 Å². The highest BCUT2D eigenvalue weighted by molar-refractivity contribution is 9.10. The summed E-state index contributed by atoms with van der Waals surface area (Å²) in [5.41, 5.74) is 0.602. The number of carboxylic acid groups (broad SMARTS) is 1. The Bertz CT molecular complexity index is 404. The van der Waals surface area contributed by atoms with Crippen LogP contribution in [0.1, 0.15) is 27.1 Å². The molecule has 15 heavy (non-hydrogen) atoms. The van der Waals surface area contributed by atoms with Crippen molar-refractivity contribution >= 4 is 39.3 Å². The van der Waals surface area contributed by atoms with Crippen molar-refractivity contribution in [1.29, 1.82) is 0 Å². The summed E-state index contributed by atoms with van der Waals surface area (Å²) in [5.74, 6) is -0.868. The van der Waals surface area contributed by atoms with Gasteiger partial charge in [0.2, 0.25) is 0 Å². The van der Waals surface area contributed by atoms with Crippen molar-refractivity contribution in [2.75, 3.05) is 5.88 Å². The minimum atomic E-state index is -1.02. The molecule has 0 aromatic heterocycles. The summed E-state index contributed by atoms with van der Waals surface area (Å²) in [5, 5.41) is 8.72.